The third kappa shape index (κ3) is 3.03. The van der Waals surface area contributed by atoms with Crippen molar-refractivity contribution < 1.29 is 4.79 Å². The van der Waals surface area contributed by atoms with Gasteiger partial charge in [-0.15, -0.1) is 11.3 Å². The van der Waals surface area contributed by atoms with Gasteiger partial charge in [-0.3, -0.25) is 0 Å². The molecule has 0 spiro atoms. The van der Waals surface area contributed by atoms with Gasteiger partial charge in [0, 0.05) is 16.8 Å². The lowest BCUT2D eigenvalue weighted by atomic mass is 10.0. The summed E-state index contributed by atoms with van der Waals surface area (Å²) in [5, 5.41) is 1.63. The number of halogens is 2. The first-order valence-corrected chi connectivity index (χ1v) is 7.70. The highest BCUT2D eigenvalue weighted by Crippen LogP contribution is 2.29. The molecule has 17 heavy (non-hydrogen) atoms. The maximum atomic E-state index is 10.8. The van der Waals surface area contributed by atoms with E-state index in [0.717, 1.165) is 26.2 Å². The van der Waals surface area contributed by atoms with Crippen LogP contribution in [0.25, 0.3) is 10.6 Å². The number of thiazole rings is 1. The number of alkyl halides is 1. The average Bonchev–Trinajstić information content (AvgIpc) is 2.78. The highest BCUT2D eigenvalue weighted by Gasteiger charge is 2.09. The van der Waals surface area contributed by atoms with Gasteiger partial charge in [0.25, 0.3) is 0 Å². The molecule has 0 aliphatic carbocycles. The largest absolute Gasteiger partial charge is 0.303 e. The van der Waals surface area contributed by atoms with Crippen molar-refractivity contribution >= 4 is 49.5 Å². The van der Waals surface area contributed by atoms with Crippen LogP contribution in [0.1, 0.15) is 11.5 Å². The van der Waals surface area contributed by atoms with Crippen LogP contribution >= 0.6 is 43.2 Å². The molecule has 0 saturated carbocycles. The smallest absolute Gasteiger partial charge is 0.128 e. The summed E-state index contributed by atoms with van der Waals surface area (Å²) in [4.78, 5) is 15.1. The molecule has 2 aromatic rings. The molecule has 0 N–H and O–H groups in total. The van der Waals surface area contributed by atoms with Crippen molar-refractivity contribution in [2.24, 2.45) is 0 Å². The second kappa shape index (κ2) is 5.89. The van der Waals surface area contributed by atoms with Crippen LogP contribution in [0.15, 0.2) is 34.2 Å². The number of aldehydes is 1. The fourth-order valence-corrected chi connectivity index (χ4v) is 3.20. The van der Waals surface area contributed by atoms with Gasteiger partial charge in [-0.25, -0.2) is 4.98 Å². The van der Waals surface area contributed by atoms with Crippen LogP contribution in [0.2, 0.25) is 0 Å². The maximum absolute atomic E-state index is 10.8. The van der Waals surface area contributed by atoms with E-state index in [9.17, 15) is 4.79 Å². The van der Waals surface area contributed by atoms with Crippen LogP contribution in [-0.2, 0) is 4.79 Å². The number of rotatable bonds is 4. The van der Waals surface area contributed by atoms with Gasteiger partial charge < -0.3 is 4.79 Å². The standard InChI is InChI=1S/C12H9Br2NOS/c13-5-10(7-16)8-1-3-9(4-2-8)12-15-6-11(14)17-12/h1-4,6-7,10H,5H2. The van der Waals surface area contributed by atoms with E-state index in [1.807, 2.05) is 24.3 Å². The molecule has 5 heteroatoms. The Morgan fingerprint density at radius 2 is 2.06 bits per heavy atom. The van der Waals surface area contributed by atoms with E-state index in [1.54, 1.807) is 17.5 Å². The number of nitrogens with zero attached hydrogens (tertiary/aromatic N) is 1. The van der Waals surface area contributed by atoms with Crippen molar-refractivity contribution in [1.82, 2.24) is 4.98 Å². The van der Waals surface area contributed by atoms with Gasteiger partial charge in [-0.05, 0) is 21.5 Å². The lowest BCUT2D eigenvalue weighted by Crippen LogP contribution is -2.00. The number of aromatic nitrogens is 1. The van der Waals surface area contributed by atoms with Gasteiger partial charge >= 0.3 is 0 Å². The van der Waals surface area contributed by atoms with Gasteiger partial charge in [-0.2, -0.15) is 0 Å². The predicted octanol–water partition coefficient (Wildman–Crippen LogP) is 4.25. The number of hydrogen-bond acceptors (Lipinski definition) is 3. The molecule has 2 nitrogen and oxygen atoms in total. The van der Waals surface area contributed by atoms with Crippen molar-refractivity contribution in [2.75, 3.05) is 5.33 Å². The van der Waals surface area contributed by atoms with Crippen LogP contribution in [0.3, 0.4) is 0 Å². The Morgan fingerprint density at radius 3 is 2.53 bits per heavy atom. The zero-order valence-corrected chi connectivity index (χ0v) is 12.8. The molecule has 1 unspecified atom stereocenters. The van der Waals surface area contributed by atoms with E-state index >= 15 is 0 Å². The highest BCUT2D eigenvalue weighted by atomic mass is 79.9. The fraction of sp³-hybridized carbons (Fsp3) is 0.167. The molecule has 0 aliphatic heterocycles. The van der Waals surface area contributed by atoms with E-state index < -0.39 is 0 Å². The molecule has 1 aromatic heterocycles. The van der Waals surface area contributed by atoms with Crippen LogP contribution in [-0.4, -0.2) is 16.6 Å². The first-order valence-electron chi connectivity index (χ1n) is 4.97. The summed E-state index contributed by atoms with van der Waals surface area (Å²) >= 11 is 8.32. The second-order valence-electron chi connectivity index (χ2n) is 3.49. The van der Waals surface area contributed by atoms with Gasteiger partial charge in [-0.1, -0.05) is 40.2 Å². The molecule has 0 fully saturated rings. The van der Waals surface area contributed by atoms with E-state index in [-0.39, 0.29) is 5.92 Å². The summed E-state index contributed by atoms with van der Waals surface area (Å²) in [6.45, 7) is 0. The SMILES string of the molecule is O=CC(CBr)c1ccc(-c2ncc(Br)s2)cc1. The summed E-state index contributed by atoms with van der Waals surface area (Å²) in [5.41, 5.74) is 2.10. The molecular weight excluding hydrogens is 366 g/mol. The van der Waals surface area contributed by atoms with Crippen molar-refractivity contribution in [1.29, 1.82) is 0 Å². The summed E-state index contributed by atoms with van der Waals surface area (Å²) in [7, 11) is 0. The molecular formula is C12H9Br2NOS. The number of hydrogen-bond donors (Lipinski definition) is 0. The first kappa shape index (κ1) is 12.9. The Kier molecular flexibility index (Phi) is 4.48. The molecule has 0 amide bonds. The van der Waals surface area contributed by atoms with Crippen molar-refractivity contribution in [3.63, 3.8) is 0 Å². The molecule has 1 atom stereocenters. The van der Waals surface area contributed by atoms with E-state index in [0.29, 0.717) is 5.33 Å². The minimum absolute atomic E-state index is 0.0768. The molecule has 1 aromatic carbocycles. The summed E-state index contributed by atoms with van der Waals surface area (Å²) < 4.78 is 1.02. The minimum Gasteiger partial charge on any atom is -0.303 e. The topological polar surface area (TPSA) is 30.0 Å². The van der Waals surface area contributed by atoms with E-state index in [4.69, 9.17) is 0 Å². The van der Waals surface area contributed by atoms with Crippen molar-refractivity contribution in [3.05, 3.63) is 39.8 Å². The molecule has 0 aliphatic rings. The lowest BCUT2D eigenvalue weighted by Gasteiger charge is -2.06. The predicted molar refractivity (Wildman–Crippen MR) is 77.8 cm³/mol. The molecule has 0 saturated heterocycles. The van der Waals surface area contributed by atoms with Gasteiger partial charge in [0.05, 0.1) is 9.98 Å². The summed E-state index contributed by atoms with van der Waals surface area (Å²) in [6.07, 6.45) is 2.75. The van der Waals surface area contributed by atoms with Crippen LogP contribution in [0, 0.1) is 0 Å². The molecule has 0 radical (unpaired) electrons. The van der Waals surface area contributed by atoms with Gasteiger partial charge in [0.15, 0.2) is 0 Å². The molecule has 2 rings (SSSR count). The Morgan fingerprint density at radius 1 is 1.35 bits per heavy atom. The Labute approximate surface area is 120 Å². The fourth-order valence-electron chi connectivity index (χ4n) is 1.46. The van der Waals surface area contributed by atoms with E-state index in [1.165, 1.54) is 0 Å². The number of carbonyl (C=O) groups excluding carboxylic acids is 1. The lowest BCUT2D eigenvalue weighted by molar-refractivity contribution is -0.108. The first-order chi connectivity index (χ1) is 8.24. The van der Waals surface area contributed by atoms with Crippen LogP contribution in [0.5, 0.6) is 0 Å². The van der Waals surface area contributed by atoms with E-state index in [2.05, 4.69) is 36.8 Å². The average molecular weight is 375 g/mol. The number of carbonyl (C=O) groups is 1. The normalized spacial score (nSPS) is 12.4. The quantitative estimate of drug-likeness (QED) is 0.591. The Hall–Kier alpha value is -0.520. The second-order valence-corrected chi connectivity index (χ2v) is 6.55. The molecule has 1 heterocycles. The maximum Gasteiger partial charge on any atom is 0.128 e. The third-order valence-corrected chi connectivity index (χ3v) is 4.62. The van der Waals surface area contributed by atoms with Crippen LogP contribution < -0.4 is 0 Å². The zero-order valence-electron chi connectivity index (χ0n) is 8.77. The Balaban J connectivity index is 2.26. The van der Waals surface area contributed by atoms with Crippen molar-refractivity contribution in [3.8, 4) is 10.6 Å². The minimum atomic E-state index is -0.0768. The molecule has 0 bridgehead atoms. The van der Waals surface area contributed by atoms with Crippen molar-refractivity contribution in [2.45, 2.75) is 5.92 Å². The third-order valence-electron chi connectivity index (χ3n) is 2.39. The van der Waals surface area contributed by atoms with Crippen LogP contribution in [0.4, 0.5) is 0 Å². The van der Waals surface area contributed by atoms with Gasteiger partial charge in [0.2, 0.25) is 0 Å². The summed E-state index contributed by atoms with van der Waals surface area (Å²) in [5.74, 6) is -0.0768. The summed E-state index contributed by atoms with van der Waals surface area (Å²) in [6, 6.07) is 7.95. The number of benzene rings is 1. The molecule has 88 valence electrons. The monoisotopic (exact) mass is 373 g/mol. The Bertz CT molecular complexity index is 509. The zero-order chi connectivity index (χ0) is 12.3. The highest BCUT2D eigenvalue weighted by molar-refractivity contribution is 9.11. The van der Waals surface area contributed by atoms with Gasteiger partial charge in [0.1, 0.15) is 11.3 Å².